The number of carbonyl (C=O) groups is 1. The van der Waals surface area contributed by atoms with E-state index in [2.05, 4.69) is 26.0 Å². The molecule has 2 aromatic rings. The van der Waals surface area contributed by atoms with Crippen molar-refractivity contribution in [2.75, 3.05) is 12.4 Å². The Morgan fingerprint density at radius 2 is 2.08 bits per heavy atom. The van der Waals surface area contributed by atoms with Crippen LogP contribution in [0.4, 0.5) is 14.5 Å². The van der Waals surface area contributed by atoms with Crippen molar-refractivity contribution in [2.45, 2.75) is 6.61 Å². The lowest BCUT2D eigenvalue weighted by molar-refractivity contribution is -0.111. The van der Waals surface area contributed by atoms with Gasteiger partial charge in [-0.15, -0.1) is 0 Å². The molecule has 0 atom stereocenters. The van der Waals surface area contributed by atoms with Crippen LogP contribution >= 0.6 is 27.5 Å². The molecule has 25 heavy (non-hydrogen) atoms. The van der Waals surface area contributed by atoms with Crippen LogP contribution in [0.1, 0.15) is 5.56 Å². The van der Waals surface area contributed by atoms with E-state index in [9.17, 15) is 13.6 Å². The summed E-state index contributed by atoms with van der Waals surface area (Å²) < 4.78 is 34.8. The van der Waals surface area contributed by atoms with E-state index in [1.165, 1.54) is 25.3 Å². The fourth-order valence-corrected chi connectivity index (χ4v) is 2.86. The molecule has 0 saturated heterocycles. The highest BCUT2D eigenvalue weighted by molar-refractivity contribution is 9.10. The summed E-state index contributed by atoms with van der Waals surface area (Å²) in [7, 11) is 1.54. The monoisotopic (exact) mass is 431 g/mol. The maximum Gasteiger partial charge on any atom is 0.387 e. The zero-order chi connectivity index (χ0) is 18.4. The maximum absolute atomic E-state index is 12.5. The second-order valence-corrected chi connectivity index (χ2v) is 6.03. The van der Waals surface area contributed by atoms with Crippen molar-refractivity contribution in [2.24, 2.45) is 0 Å². The number of halogens is 4. The van der Waals surface area contributed by atoms with Crippen LogP contribution in [-0.2, 0) is 4.79 Å². The highest BCUT2D eigenvalue weighted by Crippen LogP contribution is 2.37. The zero-order valence-corrected chi connectivity index (χ0v) is 15.3. The Kier molecular flexibility index (Phi) is 6.78. The van der Waals surface area contributed by atoms with Gasteiger partial charge in [0.2, 0.25) is 5.91 Å². The molecule has 4 nitrogen and oxygen atoms in total. The van der Waals surface area contributed by atoms with Crippen LogP contribution in [0, 0.1) is 0 Å². The Labute approximate surface area is 156 Å². The normalized spacial score (nSPS) is 11.0. The topological polar surface area (TPSA) is 47.6 Å². The first kappa shape index (κ1) is 19.2. The van der Waals surface area contributed by atoms with E-state index in [0.717, 1.165) is 5.56 Å². The van der Waals surface area contributed by atoms with E-state index in [-0.39, 0.29) is 20.9 Å². The molecule has 0 unspecified atom stereocenters. The Morgan fingerprint density at radius 3 is 2.76 bits per heavy atom. The lowest BCUT2D eigenvalue weighted by Crippen LogP contribution is -2.11. The van der Waals surface area contributed by atoms with Gasteiger partial charge in [-0.25, -0.2) is 0 Å². The number of hydrogen-bond acceptors (Lipinski definition) is 3. The fraction of sp³-hybridized carbons (Fsp3) is 0.118. The minimum atomic E-state index is -3.04. The number of methoxy groups -OCH3 is 1. The Bertz CT molecular complexity index is 799. The second kappa shape index (κ2) is 8.82. The van der Waals surface area contributed by atoms with E-state index in [1.807, 2.05) is 0 Å². The Morgan fingerprint density at radius 1 is 1.32 bits per heavy atom. The molecular weight excluding hydrogens is 420 g/mol. The molecule has 0 radical (unpaired) electrons. The Hall–Kier alpha value is -2.12. The third-order valence-corrected chi connectivity index (χ3v) is 3.80. The first-order chi connectivity index (χ1) is 11.9. The Balaban J connectivity index is 2.18. The summed E-state index contributed by atoms with van der Waals surface area (Å²) in [5.74, 6) is -0.0902. The molecule has 2 aromatic carbocycles. The number of rotatable bonds is 6. The van der Waals surface area contributed by atoms with Crippen molar-refractivity contribution >= 4 is 45.2 Å². The maximum atomic E-state index is 12.5. The molecule has 0 aromatic heterocycles. The first-order valence-electron chi connectivity index (χ1n) is 6.96. The lowest BCUT2D eigenvalue weighted by Gasteiger charge is -2.13. The molecule has 0 heterocycles. The predicted molar refractivity (Wildman–Crippen MR) is 96.4 cm³/mol. The van der Waals surface area contributed by atoms with Crippen LogP contribution in [0.15, 0.2) is 46.9 Å². The molecule has 0 aliphatic carbocycles. The average Bonchev–Trinajstić information content (AvgIpc) is 2.56. The molecule has 132 valence electrons. The quantitative estimate of drug-likeness (QED) is 0.625. The van der Waals surface area contributed by atoms with E-state index in [1.54, 1.807) is 30.3 Å². The number of hydrogen-bond donors (Lipinski definition) is 1. The number of carbonyl (C=O) groups excluding carboxylic acids is 1. The molecule has 0 saturated carbocycles. The number of nitrogens with one attached hydrogen (secondary N) is 1. The molecule has 0 bridgehead atoms. The molecule has 2 rings (SSSR count). The lowest BCUT2D eigenvalue weighted by atomic mass is 10.2. The van der Waals surface area contributed by atoms with Crippen molar-refractivity contribution in [1.29, 1.82) is 0 Å². The van der Waals surface area contributed by atoms with E-state index in [4.69, 9.17) is 16.3 Å². The third-order valence-electron chi connectivity index (χ3n) is 2.99. The van der Waals surface area contributed by atoms with Gasteiger partial charge in [0.15, 0.2) is 5.75 Å². The highest BCUT2D eigenvalue weighted by atomic mass is 79.9. The van der Waals surface area contributed by atoms with Crippen molar-refractivity contribution in [3.63, 3.8) is 0 Å². The van der Waals surface area contributed by atoms with Crippen molar-refractivity contribution in [3.05, 3.63) is 57.5 Å². The fourth-order valence-electron chi connectivity index (χ4n) is 1.95. The van der Waals surface area contributed by atoms with Crippen LogP contribution in [0.5, 0.6) is 11.5 Å². The number of alkyl halides is 2. The second-order valence-electron chi connectivity index (χ2n) is 4.74. The van der Waals surface area contributed by atoms with Crippen LogP contribution in [0.2, 0.25) is 5.02 Å². The van der Waals surface area contributed by atoms with E-state index >= 15 is 0 Å². The van der Waals surface area contributed by atoms with E-state index in [0.29, 0.717) is 5.75 Å². The van der Waals surface area contributed by atoms with Crippen LogP contribution in [-0.4, -0.2) is 19.6 Å². The smallest absolute Gasteiger partial charge is 0.387 e. The van der Waals surface area contributed by atoms with E-state index < -0.39 is 12.5 Å². The van der Waals surface area contributed by atoms with Gasteiger partial charge >= 0.3 is 6.61 Å². The van der Waals surface area contributed by atoms with Crippen LogP contribution < -0.4 is 14.8 Å². The van der Waals surface area contributed by atoms with Gasteiger partial charge in [-0.2, -0.15) is 8.78 Å². The van der Waals surface area contributed by atoms with Gasteiger partial charge in [0.1, 0.15) is 5.75 Å². The highest BCUT2D eigenvalue weighted by Gasteiger charge is 2.16. The number of benzene rings is 2. The van der Waals surface area contributed by atoms with Gasteiger partial charge in [-0.3, -0.25) is 4.79 Å². The molecule has 0 fully saturated rings. The van der Waals surface area contributed by atoms with Gasteiger partial charge < -0.3 is 14.8 Å². The van der Waals surface area contributed by atoms with Gasteiger partial charge in [0.25, 0.3) is 0 Å². The molecule has 0 aliphatic heterocycles. The summed E-state index contributed by atoms with van der Waals surface area (Å²) in [6.07, 6.45) is 2.82. The molecule has 0 spiro atoms. The minimum absolute atomic E-state index is 0.0277. The first-order valence-corrected chi connectivity index (χ1v) is 8.13. The number of anilines is 1. The number of amides is 1. The van der Waals surface area contributed by atoms with Crippen molar-refractivity contribution in [3.8, 4) is 11.5 Å². The molecular formula is C17H13BrClF2NO3. The van der Waals surface area contributed by atoms with Gasteiger partial charge in [0, 0.05) is 11.1 Å². The third kappa shape index (κ3) is 5.72. The average molecular weight is 433 g/mol. The van der Waals surface area contributed by atoms with Gasteiger partial charge in [0.05, 0.1) is 17.3 Å². The summed E-state index contributed by atoms with van der Waals surface area (Å²) in [4.78, 5) is 12.1. The molecule has 1 N–H and O–H groups in total. The largest absolute Gasteiger partial charge is 0.497 e. The standard InChI is InChI=1S/C17H13BrClF2NO3/c1-24-12-4-2-3-10(7-12)5-6-15(23)22-14-9-11(19)8-13(18)16(14)25-17(20)21/h2-9,17H,1H3,(H,22,23)/b6-5+. The molecule has 1 amide bonds. The van der Waals surface area contributed by atoms with Crippen molar-refractivity contribution < 1.29 is 23.0 Å². The SMILES string of the molecule is COc1cccc(/C=C/C(=O)Nc2cc(Cl)cc(Br)c2OC(F)F)c1. The summed E-state index contributed by atoms with van der Waals surface area (Å²) >= 11 is 8.97. The summed E-state index contributed by atoms with van der Waals surface area (Å²) in [5, 5.41) is 2.72. The summed E-state index contributed by atoms with van der Waals surface area (Å²) in [5.41, 5.74) is 0.769. The zero-order valence-electron chi connectivity index (χ0n) is 12.9. The van der Waals surface area contributed by atoms with Gasteiger partial charge in [-0.05, 0) is 51.8 Å². The molecule has 8 heteroatoms. The summed E-state index contributed by atoms with van der Waals surface area (Å²) in [6, 6.07) is 9.79. The van der Waals surface area contributed by atoms with Crippen molar-refractivity contribution in [1.82, 2.24) is 0 Å². The minimum Gasteiger partial charge on any atom is -0.497 e. The van der Waals surface area contributed by atoms with Crippen LogP contribution in [0.3, 0.4) is 0 Å². The van der Waals surface area contributed by atoms with Crippen LogP contribution in [0.25, 0.3) is 6.08 Å². The predicted octanol–water partition coefficient (Wildman–Crippen LogP) is 5.36. The number of ether oxygens (including phenoxy) is 2. The van der Waals surface area contributed by atoms with Gasteiger partial charge in [-0.1, -0.05) is 23.7 Å². The summed E-state index contributed by atoms with van der Waals surface area (Å²) in [6.45, 7) is -3.04. The molecule has 0 aliphatic rings.